The van der Waals surface area contributed by atoms with E-state index in [2.05, 4.69) is 15.5 Å². The Balaban J connectivity index is 2.15. The van der Waals surface area contributed by atoms with E-state index >= 15 is 0 Å². The highest BCUT2D eigenvalue weighted by Crippen LogP contribution is 2.28. The topological polar surface area (TPSA) is 41.0 Å². The van der Waals surface area contributed by atoms with Crippen molar-refractivity contribution in [2.24, 2.45) is 0 Å². The molecule has 19 heavy (non-hydrogen) atoms. The van der Waals surface area contributed by atoms with Gasteiger partial charge in [-0.1, -0.05) is 0 Å². The normalized spacial score (nSPS) is 20.6. The zero-order valence-electron chi connectivity index (χ0n) is 10.7. The number of anilines is 1. The SMILES string of the molecule is CNCC1CCCCN1c1ccc(C(F)(F)F)nn1. The van der Waals surface area contributed by atoms with Crippen LogP contribution < -0.4 is 10.2 Å². The van der Waals surface area contributed by atoms with E-state index in [4.69, 9.17) is 0 Å². The lowest BCUT2D eigenvalue weighted by molar-refractivity contribution is -0.141. The smallest absolute Gasteiger partial charge is 0.351 e. The van der Waals surface area contributed by atoms with Crippen LogP contribution in [0.25, 0.3) is 0 Å². The maximum Gasteiger partial charge on any atom is 0.435 e. The summed E-state index contributed by atoms with van der Waals surface area (Å²) in [5.74, 6) is 0.521. The van der Waals surface area contributed by atoms with Crippen molar-refractivity contribution in [1.29, 1.82) is 0 Å². The maximum absolute atomic E-state index is 12.4. The molecule has 0 amide bonds. The second-order valence-corrected chi connectivity index (χ2v) is 4.68. The largest absolute Gasteiger partial charge is 0.435 e. The van der Waals surface area contributed by atoms with E-state index in [9.17, 15) is 13.2 Å². The molecule has 1 aromatic heterocycles. The number of piperidine rings is 1. The molecule has 1 aliphatic rings. The van der Waals surface area contributed by atoms with Crippen LogP contribution in [0.15, 0.2) is 12.1 Å². The molecule has 0 aromatic carbocycles. The minimum absolute atomic E-state index is 0.268. The summed E-state index contributed by atoms with van der Waals surface area (Å²) in [5.41, 5.74) is -0.946. The summed E-state index contributed by atoms with van der Waals surface area (Å²) in [4.78, 5) is 2.03. The monoisotopic (exact) mass is 274 g/mol. The first-order valence-corrected chi connectivity index (χ1v) is 6.34. The van der Waals surface area contributed by atoms with Gasteiger partial charge in [0.2, 0.25) is 0 Å². The molecule has 4 nitrogen and oxygen atoms in total. The molecule has 0 saturated carbocycles. The summed E-state index contributed by atoms with van der Waals surface area (Å²) in [6.45, 7) is 1.61. The highest BCUT2D eigenvalue weighted by molar-refractivity contribution is 5.39. The van der Waals surface area contributed by atoms with Crippen molar-refractivity contribution >= 4 is 5.82 Å². The minimum Gasteiger partial charge on any atom is -0.351 e. The van der Waals surface area contributed by atoms with E-state index in [1.54, 1.807) is 0 Å². The van der Waals surface area contributed by atoms with Crippen LogP contribution in [0.3, 0.4) is 0 Å². The maximum atomic E-state index is 12.4. The Hall–Kier alpha value is -1.37. The van der Waals surface area contributed by atoms with Crippen molar-refractivity contribution in [3.05, 3.63) is 17.8 Å². The number of aromatic nitrogens is 2. The third-order valence-electron chi connectivity index (χ3n) is 3.30. The van der Waals surface area contributed by atoms with Gasteiger partial charge in [-0.3, -0.25) is 0 Å². The fraction of sp³-hybridized carbons (Fsp3) is 0.667. The third-order valence-corrected chi connectivity index (χ3v) is 3.30. The van der Waals surface area contributed by atoms with Crippen LogP contribution in [-0.2, 0) is 6.18 Å². The Morgan fingerprint density at radius 3 is 2.68 bits per heavy atom. The number of hydrogen-bond acceptors (Lipinski definition) is 4. The van der Waals surface area contributed by atoms with Crippen LogP contribution in [0.2, 0.25) is 0 Å². The molecule has 1 aromatic rings. The predicted molar refractivity (Wildman–Crippen MR) is 65.9 cm³/mol. The van der Waals surface area contributed by atoms with Crippen molar-refractivity contribution in [3.63, 3.8) is 0 Å². The summed E-state index contributed by atoms with van der Waals surface area (Å²) < 4.78 is 37.3. The highest BCUT2D eigenvalue weighted by atomic mass is 19.4. The first-order valence-electron chi connectivity index (χ1n) is 6.34. The van der Waals surface area contributed by atoms with E-state index in [0.29, 0.717) is 5.82 Å². The van der Waals surface area contributed by atoms with Gasteiger partial charge in [0, 0.05) is 19.1 Å². The second-order valence-electron chi connectivity index (χ2n) is 4.68. The zero-order valence-corrected chi connectivity index (χ0v) is 10.7. The van der Waals surface area contributed by atoms with E-state index in [1.165, 1.54) is 6.07 Å². The van der Waals surface area contributed by atoms with Crippen LogP contribution in [-0.4, -0.2) is 36.4 Å². The lowest BCUT2D eigenvalue weighted by atomic mass is 10.0. The molecule has 1 fully saturated rings. The molecule has 0 bridgehead atoms. The Morgan fingerprint density at radius 1 is 1.32 bits per heavy atom. The molecule has 1 atom stereocenters. The third kappa shape index (κ3) is 3.34. The molecule has 1 N–H and O–H groups in total. The van der Waals surface area contributed by atoms with Crippen molar-refractivity contribution in [3.8, 4) is 0 Å². The van der Waals surface area contributed by atoms with E-state index < -0.39 is 11.9 Å². The molecule has 106 valence electrons. The zero-order chi connectivity index (χ0) is 13.9. The van der Waals surface area contributed by atoms with Gasteiger partial charge in [-0.05, 0) is 38.4 Å². The van der Waals surface area contributed by atoms with Gasteiger partial charge >= 0.3 is 6.18 Å². The minimum atomic E-state index is -4.43. The van der Waals surface area contributed by atoms with Gasteiger partial charge in [0.25, 0.3) is 0 Å². The summed E-state index contributed by atoms with van der Waals surface area (Å²) >= 11 is 0. The van der Waals surface area contributed by atoms with Crippen LogP contribution >= 0.6 is 0 Å². The number of hydrogen-bond donors (Lipinski definition) is 1. The molecule has 0 radical (unpaired) electrons. The van der Waals surface area contributed by atoms with Crippen LogP contribution in [0, 0.1) is 0 Å². The van der Waals surface area contributed by atoms with Crippen molar-refractivity contribution < 1.29 is 13.2 Å². The number of nitrogens with one attached hydrogen (secondary N) is 1. The van der Waals surface area contributed by atoms with E-state index in [-0.39, 0.29) is 6.04 Å². The Kier molecular flexibility index (Phi) is 4.24. The molecule has 7 heteroatoms. The quantitative estimate of drug-likeness (QED) is 0.916. The molecule has 2 heterocycles. The van der Waals surface area contributed by atoms with Crippen LogP contribution in [0.4, 0.5) is 19.0 Å². The fourth-order valence-corrected chi connectivity index (χ4v) is 2.38. The van der Waals surface area contributed by atoms with Crippen LogP contribution in [0.5, 0.6) is 0 Å². The number of likely N-dealkylation sites (N-methyl/N-ethyl adjacent to an activating group) is 1. The highest BCUT2D eigenvalue weighted by Gasteiger charge is 2.33. The standard InChI is InChI=1S/C12H17F3N4/c1-16-8-9-4-2-3-7-19(9)11-6-5-10(17-18-11)12(13,14)15/h5-6,9,16H,2-4,7-8H2,1H3. The number of nitrogens with zero attached hydrogens (tertiary/aromatic N) is 3. The molecule has 1 unspecified atom stereocenters. The molecular formula is C12H17F3N4. The summed E-state index contributed by atoms with van der Waals surface area (Å²) in [6, 6.07) is 2.67. The average Bonchev–Trinajstić information content (AvgIpc) is 2.39. The Morgan fingerprint density at radius 2 is 2.11 bits per heavy atom. The van der Waals surface area contributed by atoms with Crippen molar-refractivity contribution in [2.45, 2.75) is 31.5 Å². The summed E-state index contributed by atoms with van der Waals surface area (Å²) in [5, 5.41) is 10.1. The molecule has 2 rings (SSSR count). The van der Waals surface area contributed by atoms with Gasteiger partial charge in [-0.25, -0.2) is 0 Å². The van der Waals surface area contributed by atoms with Gasteiger partial charge in [-0.15, -0.1) is 10.2 Å². The van der Waals surface area contributed by atoms with Gasteiger partial charge in [-0.2, -0.15) is 13.2 Å². The van der Waals surface area contributed by atoms with Gasteiger partial charge in [0.15, 0.2) is 11.5 Å². The van der Waals surface area contributed by atoms with E-state index in [0.717, 1.165) is 38.4 Å². The lowest BCUT2D eigenvalue weighted by Gasteiger charge is -2.36. The summed E-state index contributed by atoms with van der Waals surface area (Å²) in [6.07, 6.45) is -1.25. The number of rotatable bonds is 3. The van der Waals surface area contributed by atoms with Crippen molar-refractivity contribution in [1.82, 2.24) is 15.5 Å². The van der Waals surface area contributed by atoms with Crippen LogP contribution in [0.1, 0.15) is 25.0 Å². The van der Waals surface area contributed by atoms with E-state index in [1.807, 2.05) is 11.9 Å². The molecular weight excluding hydrogens is 257 g/mol. The lowest BCUT2D eigenvalue weighted by Crippen LogP contribution is -2.45. The molecule has 1 saturated heterocycles. The number of halogens is 3. The Labute approximate surface area is 110 Å². The van der Waals surface area contributed by atoms with Gasteiger partial charge in [0.1, 0.15) is 0 Å². The molecule has 1 aliphatic heterocycles. The van der Waals surface area contributed by atoms with Gasteiger partial charge < -0.3 is 10.2 Å². The first kappa shape index (κ1) is 14.0. The first-order chi connectivity index (χ1) is 9.02. The Bertz CT molecular complexity index is 402. The molecule has 0 aliphatic carbocycles. The van der Waals surface area contributed by atoms with Crippen molar-refractivity contribution in [2.75, 3.05) is 25.0 Å². The predicted octanol–water partition coefficient (Wildman–Crippen LogP) is 2.07. The molecule has 0 spiro atoms. The fourth-order valence-electron chi connectivity index (χ4n) is 2.38. The summed E-state index contributed by atoms with van der Waals surface area (Å²) in [7, 11) is 1.87. The number of alkyl halides is 3. The average molecular weight is 274 g/mol. The van der Waals surface area contributed by atoms with Gasteiger partial charge in [0.05, 0.1) is 0 Å². The second kappa shape index (κ2) is 5.73.